The number of benzene rings is 2. The molecule has 2 aromatic carbocycles. The summed E-state index contributed by atoms with van der Waals surface area (Å²) in [6.07, 6.45) is 3.68. The van der Waals surface area contributed by atoms with Crippen LogP contribution in [0, 0.1) is 35.5 Å². The minimum Gasteiger partial charge on any atom is -0.274 e. The third-order valence-electron chi connectivity index (χ3n) is 7.14. The monoisotopic (exact) mass is 466 g/mol. The molecule has 2 bridgehead atoms. The SMILES string of the molecule is O=C1C2C3C=CC(C2C(=O)N1c1cccc(Cl)c1)C1C(=O)N(c2cccc(Cl)c2)C(=O)C31. The van der Waals surface area contributed by atoms with Crippen LogP contribution >= 0.6 is 23.2 Å². The average molecular weight is 467 g/mol. The Kier molecular flexibility index (Phi) is 4.17. The van der Waals surface area contributed by atoms with E-state index >= 15 is 0 Å². The Morgan fingerprint density at radius 2 is 0.906 bits per heavy atom. The first-order valence-corrected chi connectivity index (χ1v) is 11.1. The number of carbonyl (C=O) groups excluding carboxylic acids is 4. The average Bonchev–Trinajstić information content (AvgIpc) is 3.21. The van der Waals surface area contributed by atoms with Gasteiger partial charge in [-0.05, 0) is 36.4 Å². The van der Waals surface area contributed by atoms with E-state index in [1.807, 2.05) is 12.2 Å². The van der Waals surface area contributed by atoms with Gasteiger partial charge >= 0.3 is 0 Å². The van der Waals surface area contributed by atoms with Gasteiger partial charge in [-0.25, -0.2) is 9.80 Å². The number of nitrogens with zero attached hydrogens (tertiary/aromatic N) is 2. The number of halogens is 2. The van der Waals surface area contributed by atoms with Crippen LogP contribution in [0.4, 0.5) is 11.4 Å². The zero-order valence-corrected chi connectivity index (χ0v) is 18.0. The maximum Gasteiger partial charge on any atom is 0.238 e. The molecule has 3 aliphatic carbocycles. The van der Waals surface area contributed by atoms with E-state index in [9.17, 15) is 19.2 Å². The predicted molar refractivity (Wildman–Crippen MR) is 118 cm³/mol. The first-order chi connectivity index (χ1) is 15.4. The summed E-state index contributed by atoms with van der Waals surface area (Å²) in [7, 11) is 0. The Morgan fingerprint density at radius 3 is 1.22 bits per heavy atom. The highest BCUT2D eigenvalue weighted by Crippen LogP contribution is 2.58. The van der Waals surface area contributed by atoms with Crippen molar-refractivity contribution in [3.05, 3.63) is 70.7 Å². The molecule has 4 atom stereocenters. The van der Waals surface area contributed by atoms with Crippen LogP contribution in [0.1, 0.15) is 0 Å². The quantitative estimate of drug-likeness (QED) is 0.499. The van der Waals surface area contributed by atoms with E-state index < -0.39 is 35.5 Å². The lowest BCUT2D eigenvalue weighted by Crippen LogP contribution is -2.50. The summed E-state index contributed by atoms with van der Waals surface area (Å²) in [6, 6.07) is 13.2. The number of amides is 4. The fraction of sp³-hybridized carbons (Fsp3) is 0.250. The van der Waals surface area contributed by atoms with Gasteiger partial charge in [-0.1, -0.05) is 47.5 Å². The van der Waals surface area contributed by atoms with Gasteiger partial charge in [-0.15, -0.1) is 0 Å². The Bertz CT molecular complexity index is 1120. The summed E-state index contributed by atoms with van der Waals surface area (Å²) in [5.74, 6) is -5.11. The second-order valence-corrected chi connectivity index (χ2v) is 9.50. The first-order valence-electron chi connectivity index (χ1n) is 10.3. The van der Waals surface area contributed by atoms with Crippen LogP contribution < -0.4 is 9.80 Å². The number of rotatable bonds is 2. The van der Waals surface area contributed by atoms with Gasteiger partial charge in [0.15, 0.2) is 0 Å². The van der Waals surface area contributed by atoms with Crippen molar-refractivity contribution in [3.63, 3.8) is 0 Å². The molecule has 0 aromatic heterocycles. The van der Waals surface area contributed by atoms with Crippen LogP contribution in [0.15, 0.2) is 60.7 Å². The third-order valence-corrected chi connectivity index (χ3v) is 7.61. The minimum absolute atomic E-state index is 0.346. The molecule has 4 unspecified atom stereocenters. The predicted octanol–water partition coefficient (Wildman–Crippen LogP) is 3.72. The van der Waals surface area contributed by atoms with Crippen molar-refractivity contribution in [2.75, 3.05) is 9.80 Å². The second-order valence-electron chi connectivity index (χ2n) is 8.63. The summed E-state index contributed by atoms with van der Waals surface area (Å²) in [4.78, 5) is 56.0. The molecular weight excluding hydrogens is 451 g/mol. The van der Waals surface area contributed by atoms with Gasteiger partial charge in [0.25, 0.3) is 0 Å². The Morgan fingerprint density at radius 1 is 0.562 bits per heavy atom. The molecule has 0 N–H and O–H groups in total. The van der Waals surface area contributed by atoms with E-state index in [-0.39, 0.29) is 23.6 Å². The summed E-state index contributed by atoms with van der Waals surface area (Å²) in [5, 5.41) is 0.830. The lowest BCUT2D eigenvalue weighted by atomic mass is 9.54. The number of anilines is 2. The topological polar surface area (TPSA) is 74.8 Å². The van der Waals surface area contributed by atoms with Crippen molar-refractivity contribution in [1.29, 1.82) is 0 Å². The molecule has 2 saturated heterocycles. The van der Waals surface area contributed by atoms with Gasteiger partial charge in [-0.2, -0.15) is 0 Å². The first kappa shape index (κ1) is 19.7. The highest BCUT2D eigenvalue weighted by molar-refractivity contribution is 6.32. The van der Waals surface area contributed by atoms with Gasteiger partial charge in [0.2, 0.25) is 23.6 Å². The summed E-state index contributed by atoms with van der Waals surface area (Å²) in [6.45, 7) is 0. The van der Waals surface area contributed by atoms with Crippen LogP contribution in [-0.4, -0.2) is 23.6 Å². The smallest absolute Gasteiger partial charge is 0.238 e. The highest BCUT2D eigenvalue weighted by atomic mass is 35.5. The molecule has 5 aliphatic rings. The third kappa shape index (κ3) is 2.48. The van der Waals surface area contributed by atoms with Gasteiger partial charge in [0.1, 0.15) is 0 Å². The normalized spacial score (nSPS) is 32.7. The molecular formula is C24H16Cl2N2O4. The van der Waals surface area contributed by atoms with Crippen LogP contribution in [0.5, 0.6) is 0 Å². The molecule has 0 spiro atoms. The molecule has 2 heterocycles. The van der Waals surface area contributed by atoms with Crippen LogP contribution in [-0.2, 0) is 19.2 Å². The van der Waals surface area contributed by atoms with Crippen molar-refractivity contribution in [1.82, 2.24) is 0 Å². The summed E-state index contributed by atoms with van der Waals surface area (Å²) in [5.41, 5.74) is 0.814. The number of hydrogen-bond acceptors (Lipinski definition) is 4. The summed E-state index contributed by atoms with van der Waals surface area (Å²) < 4.78 is 0. The van der Waals surface area contributed by atoms with Gasteiger partial charge in [-0.3, -0.25) is 19.2 Å². The van der Waals surface area contributed by atoms with Crippen molar-refractivity contribution < 1.29 is 19.2 Å². The fourth-order valence-electron chi connectivity index (χ4n) is 5.97. The molecule has 8 heteroatoms. The zero-order valence-electron chi connectivity index (χ0n) is 16.5. The van der Waals surface area contributed by atoms with Crippen LogP contribution in [0.25, 0.3) is 0 Å². The standard InChI is InChI=1S/C24H16Cl2N2O4/c25-11-3-1-5-13(9-11)27-21(29)17-15-7-8-16(18(17)22(27)30)20-19(15)23(31)28(24(20)32)14-6-2-4-12(26)10-14/h1-10,15-20H. The molecule has 2 aromatic rings. The van der Waals surface area contributed by atoms with Crippen LogP contribution in [0.3, 0.4) is 0 Å². The van der Waals surface area contributed by atoms with Gasteiger partial charge in [0, 0.05) is 21.9 Å². The van der Waals surface area contributed by atoms with Gasteiger partial charge < -0.3 is 0 Å². The van der Waals surface area contributed by atoms with Crippen molar-refractivity contribution >= 4 is 58.2 Å². The zero-order chi connectivity index (χ0) is 22.3. The van der Waals surface area contributed by atoms with Crippen LogP contribution in [0.2, 0.25) is 10.0 Å². The molecule has 160 valence electrons. The minimum atomic E-state index is -0.672. The highest BCUT2D eigenvalue weighted by Gasteiger charge is 2.68. The summed E-state index contributed by atoms with van der Waals surface area (Å²) >= 11 is 12.2. The number of carbonyl (C=O) groups is 4. The van der Waals surface area contributed by atoms with Crippen molar-refractivity contribution in [3.8, 4) is 0 Å². The lowest BCUT2D eigenvalue weighted by molar-refractivity contribution is -0.137. The number of allylic oxidation sites excluding steroid dienone is 2. The van der Waals surface area contributed by atoms with E-state index in [0.717, 1.165) is 0 Å². The maximum atomic E-state index is 13.4. The fourth-order valence-corrected chi connectivity index (χ4v) is 6.33. The van der Waals surface area contributed by atoms with E-state index in [1.165, 1.54) is 9.80 Å². The van der Waals surface area contributed by atoms with Crippen molar-refractivity contribution in [2.45, 2.75) is 0 Å². The largest absolute Gasteiger partial charge is 0.274 e. The van der Waals surface area contributed by atoms with Gasteiger partial charge in [0.05, 0.1) is 35.0 Å². The van der Waals surface area contributed by atoms with E-state index in [2.05, 4.69) is 0 Å². The number of imide groups is 2. The molecule has 6 nitrogen and oxygen atoms in total. The maximum absolute atomic E-state index is 13.4. The van der Waals surface area contributed by atoms with E-state index in [4.69, 9.17) is 23.2 Å². The second kappa shape index (κ2) is 6.77. The lowest BCUT2D eigenvalue weighted by Gasteiger charge is -2.44. The molecule has 2 aliphatic heterocycles. The Labute approximate surface area is 193 Å². The molecule has 4 amide bonds. The number of hydrogen-bond donors (Lipinski definition) is 0. The van der Waals surface area contributed by atoms with E-state index in [1.54, 1.807) is 48.5 Å². The molecule has 0 radical (unpaired) electrons. The Hall–Kier alpha value is -2.96. The molecule has 32 heavy (non-hydrogen) atoms. The Balaban J connectivity index is 1.41. The molecule has 3 fully saturated rings. The molecule has 1 saturated carbocycles. The molecule has 7 rings (SSSR count). The van der Waals surface area contributed by atoms with Crippen molar-refractivity contribution in [2.24, 2.45) is 35.5 Å². The van der Waals surface area contributed by atoms with E-state index in [0.29, 0.717) is 21.4 Å².